The fraction of sp³-hybridized carbons (Fsp3) is 0.333. The lowest BCUT2D eigenvalue weighted by molar-refractivity contribution is 0.792. The zero-order valence-corrected chi connectivity index (χ0v) is 11.0. The Balaban J connectivity index is 2.53. The van der Waals surface area contributed by atoms with E-state index in [9.17, 15) is 0 Å². The van der Waals surface area contributed by atoms with Crippen molar-refractivity contribution in [3.8, 4) is 11.8 Å². The lowest BCUT2D eigenvalue weighted by Crippen LogP contribution is -2.04. The summed E-state index contributed by atoms with van der Waals surface area (Å²) in [5.74, 6) is 0.448. The molecule has 0 saturated heterocycles. The Bertz CT molecular complexity index is 588. The zero-order chi connectivity index (χ0) is 13.1. The van der Waals surface area contributed by atoms with Crippen LogP contribution in [0.5, 0.6) is 0 Å². The van der Waals surface area contributed by atoms with E-state index >= 15 is 0 Å². The summed E-state index contributed by atoms with van der Waals surface area (Å²) in [6.07, 6.45) is 2.20. The SMILES string of the molecule is Cc1c(CC#N)cnn1-c1ccccc1C(C)C. The highest BCUT2D eigenvalue weighted by Gasteiger charge is 2.12. The molecule has 3 nitrogen and oxygen atoms in total. The number of nitrogens with zero attached hydrogens (tertiary/aromatic N) is 3. The number of aromatic nitrogens is 2. The fourth-order valence-electron chi connectivity index (χ4n) is 2.11. The molecule has 92 valence electrons. The van der Waals surface area contributed by atoms with Crippen molar-refractivity contribution in [3.05, 3.63) is 47.3 Å². The van der Waals surface area contributed by atoms with E-state index in [0.29, 0.717) is 12.3 Å². The Morgan fingerprint density at radius 1 is 1.33 bits per heavy atom. The summed E-state index contributed by atoms with van der Waals surface area (Å²) >= 11 is 0. The Kier molecular flexibility index (Phi) is 3.47. The van der Waals surface area contributed by atoms with Crippen molar-refractivity contribution in [2.45, 2.75) is 33.1 Å². The molecule has 0 fully saturated rings. The molecule has 2 rings (SSSR count). The first kappa shape index (κ1) is 12.4. The second-order valence-electron chi connectivity index (χ2n) is 4.72. The van der Waals surface area contributed by atoms with Gasteiger partial charge in [0.05, 0.1) is 24.4 Å². The van der Waals surface area contributed by atoms with E-state index in [4.69, 9.17) is 5.26 Å². The summed E-state index contributed by atoms with van der Waals surface area (Å²) in [6, 6.07) is 10.4. The molecule has 1 aromatic heterocycles. The maximum Gasteiger partial charge on any atom is 0.0683 e. The molecule has 0 saturated carbocycles. The molecule has 3 heteroatoms. The van der Waals surface area contributed by atoms with Crippen LogP contribution in [0, 0.1) is 18.3 Å². The summed E-state index contributed by atoms with van der Waals surface area (Å²) < 4.78 is 1.93. The Labute approximate surface area is 108 Å². The Hall–Kier alpha value is -2.08. The van der Waals surface area contributed by atoms with Crippen LogP contribution in [0.2, 0.25) is 0 Å². The number of hydrogen-bond donors (Lipinski definition) is 0. The monoisotopic (exact) mass is 239 g/mol. The van der Waals surface area contributed by atoms with Crippen LogP contribution in [0.3, 0.4) is 0 Å². The van der Waals surface area contributed by atoms with Crippen molar-refractivity contribution in [1.29, 1.82) is 5.26 Å². The highest BCUT2D eigenvalue weighted by molar-refractivity contribution is 5.44. The molecule has 0 amide bonds. The molecule has 0 aliphatic carbocycles. The van der Waals surface area contributed by atoms with Gasteiger partial charge in [0.15, 0.2) is 0 Å². The van der Waals surface area contributed by atoms with Gasteiger partial charge in [-0.25, -0.2) is 4.68 Å². The van der Waals surface area contributed by atoms with Gasteiger partial charge >= 0.3 is 0 Å². The van der Waals surface area contributed by atoms with Crippen molar-refractivity contribution in [2.75, 3.05) is 0 Å². The van der Waals surface area contributed by atoms with Gasteiger partial charge in [0, 0.05) is 11.3 Å². The van der Waals surface area contributed by atoms with Gasteiger partial charge in [-0.3, -0.25) is 0 Å². The maximum atomic E-state index is 8.78. The molecule has 0 unspecified atom stereocenters. The van der Waals surface area contributed by atoms with Crippen molar-refractivity contribution >= 4 is 0 Å². The van der Waals surface area contributed by atoms with Crippen molar-refractivity contribution in [1.82, 2.24) is 9.78 Å². The highest BCUT2D eigenvalue weighted by atomic mass is 15.3. The molecule has 0 aliphatic rings. The van der Waals surface area contributed by atoms with Gasteiger partial charge in [0.2, 0.25) is 0 Å². The summed E-state index contributed by atoms with van der Waals surface area (Å²) in [5.41, 5.74) is 4.42. The fourth-order valence-corrected chi connectivity index (χ4v) is 2.11. The predicted octanol–water partition coefficient (Wildman–Crippen LogP) is 3.37. The lowest BCUT2D eigenvalue weighted by atomic mass is 10.0. The van der Waals surface area contributed by atoms with E-state index in [1.165, 1.54) is 5.56 Å². The number of para-hydroxylation sites is 1. The van der Waals surface area contributed by atoms with E-state index in [2.05, 4.69) is 37.1 Å². The highest BCUT2D eigenvalue weighted by Crippen LogP contribution is 2.24. The van der Waals surface area contributed by atoms with Crippen molar-refractivity contribution < 1.29 is 0 Å². The molecule has 0 atom stereocenters. The third kappa shape index (κ3) is 2.14. The van der Waals surface area contributed by atoms with Gasteiger partial charge in [-0.1, -0.05) is 32.0 Å². The van der Waals surface area contributed by atoms with Crippen molar-refractivity contribution in [2.24, 2.45) is 0 Å². The first-order chi connectivity index (χ1) is 8.65. The average Bonchev–Trinajstić information content (AvgIpc) is 2.72. The van der Waals surface area contributed by atoms with Gasteiger partial charge in [0.1, 0.15) is 0 Å². The third-order valence-corrected chi connectivity index (χ3v) is 3.17. The average molecular weight is 239 g/mol. The summed E-state index contributed by atoms with van der Waals surface area (Å²) in [5, 5.41) is 13.2. The minimum Gasteiger partial charge on any atom is -0.238 e. The Morgan fingerprint density at radius 2 is 2.06 bits per heavy atom. The van der Waals surface area contributed by atoms with Gasteiger partial charge < -0.3 is 0 Å². The molecular weight excluding hydrogens is 222 g/mol. The smallest absolute Gasteiger partial charge is 0.0683 e. The molecule has 0 aliphatic heterocycles. The second kappa shape index (κ2) is 5.05. The van der Waals surface area contributed by atoms with Gasteiger partial charge in [-0.15, -0.1) is 0 Å². The number of hydrogen-bond acceptors (Lipinski definition) is 2. The van der Waals surface area contributed by atoms with Gasteiger partial charge in [-0.2, -0.15) is 10.4 Å². The van der Waals surface area contributed by atoms with Crippen LogP contribution in [0.4, 0.5) is 0 Å². The number of rotatable bonds is 3. The first-order valence-corrected chi connectivity index (χ1v) is 6.15. The third-order valence-electron chi connectivity index (χ3n) is 3.17. The lowest BCUT2D eigenvalue weighted by Gasteiger charge is -2.13. The quantitative estimate of drug-likeness (QED) is 0.824. The van der Waals surface area contributed by atoms with Crippen LogP contribution in [0.25, 0.3) is 5.69 Å². The molecule has 0 bridgehead atoms. The molecular formula is C15H17N3. The van der Waals surface area contributed by atoms with E-state index in [1.807, 2.05) is 23.7 Å². The van der Waals surface area contributed by atoms with Gasteiger partial charge in [0.25, 0.3) is 0 Å². The second-order valence-corrected chi connectivity index (χ2v) is 4.72. The number of nitriles is 1. The van der Waals surface area contributed by atoms with Gasteiger partial charge in [-0.05, 0) is 24.5 Å². The number of benzene rings is 1. The summed E-state index contributed by atoms with van der Waals surface area (Å²) in [7, 11) is 0. The summed E-state index contributed by atoms with van der Waals surface area (Å²) in [6.45, 7) is 6.36. The van der Waals surface area contributed by atoms with Crippen LogP contribution >= 0.6 is 0 Å². The van der Waals surface area contributed by atoms with Crippen LogP contribution in [-0.2, 0) is 6.42 Å². The normalized spacial score (nSPS) is 10.6. The zero-order valence-electron chi connectivity index (χ0n) is 11.0. The molecule has 18 heavy (non-hydrogen) atoms. The molecule has 0 N–H and O–H groups in total. The minimum atomic E-state index is 0.412. The van der Waals surface area contributed by atoms with Crippen LogP contribution in [-0.4, -0.2) is 9.78 Å². The maximum absolute atomic E-state index is 8.78. The first-order valence-electron chi connectivity index (χ1n) is 6.15. The molecule has 1 aromatic carbocycles. The van der Waals surface area contributed by atoms with Crippen molar-refractivity contribution in [3.63, 3.8) is 0 Å². The van der Waals surface area contributed by atoms with E-state index < -0.39 is 0 Å². The van der Waals surface area contributed by atoms with E-state index in [-0.39, 0.29) is 0 Å². The molecule has 0 radical (unpaired) electrons. The standard InChI is InChI=1S/C15H17N3/c1-11(2)14-6-4-5-7-15(14)18-12(3)13(8-9-16)10-17-18/h4-7,10-11H,8H2,1-3H3. The molecule has 0 spiro atoms. The Morgan fingerprint density at radius 3 is 2.72 bits per heavy atom. The summed E-state index contributed by atoms with van der Waals surface area (Å²) in [4.78, 5) is 0. The largest absolute Gasteiger partial charge is 0.238 e. The molecule has 2 aromatic rings. The minimum absolute atomic E-state index is 0.412. The van der Waals surface area contributed by atoms with E-state index in [0.717, 1.165) is 16.9 Å². The van der Waals surface area contributed by atoms with E-state index in [1.54, 1.807) is 6.20 Å². The molecule has 1 heterocycles. The van der Waals surface area contributed by atoms with Crippen LogP contribution in [0.1, 0.15) is 36.6 Å². The topological polar surface area (TPSA) is 41.6 Å². The van der Waals surface area contributed by atoms with Crippen LogP contribution in [0.15, 0.2) is 30.5 Å². The predicted molar refractivity (Wildman–Crippen MR) is 71.7 cm³/mol. The van der Waals surface area contributed by atoms with Crippen LogP contribution < -0.4 is 0 Å².